The molecule has 142 valence electrons. The van der Waals surface area contributed by atoms with Crippen LogP contribution in [-0.2, 0) is 14.4 Å². The Morgan fingerprint density at radius 1 is 1.56 bits per heavy atom. The zero-order valence-corrected chi connectivity index (χ0v) is 14.8. The maximum atomic E-state index is 14.6. The standard InChI is InChI=1S/C17H18FN5O4/c1-11(24)19-8-14-10-22(17(25)27-14)13-3-4-16(15(18)5-13)23-9-12(6-20-23)7-21-26-2/h3-7,9,14H,8,10H2,1-2H3,(H,19,24)/b21-7+/t14-/m0/s1. The number of aromatic nitrogens is 2. The number of anilines is 1. The Bertz CT molecular complexity index is 882. The third kappa shape index (κ3) is 4.22. The fourth-order valence-electron chi connectivity index (χ4n) is 2.59. The van der Waals surface area contributed by atoms with E-state index in [-0.39, 0.29) is 24.7 Å². The second kappa shape index (κ2) is 7.85. The van der Waals surface area contributed by atoms with Gasteiger partial charge in [0.1, 0.15) is 18.9 Å². The van der Waals surface area contributed by atoms with E-state index in [2.05, 4.69) is 20.4 Å². The van der Waals surface area contributed by atoms with Gasteiger partial charge in [-0.15, -0.1) is 0 Å². The molecule has 1 aliphatic heterocycles. The van der Waals surface area contributed by atoms with Crippen molar-refractivity contribution in [3.05, 3.63) is 42.0 Å². The molecule has 2 aromatic rings. The molecule has 0 bridgehead atoms. The van der Waals surface area contributed by atoms with Crippen LogP contribution in [0.2, 0.25) is 0 Å². The van der Waals surface area contributed by atoms with Gasteiger partial charge in [0.25, 0.3) is 0 Å². The fraction of sp³-hybridized carbons (Fsp3) is 0.294. The molecule has 0 aliphatic carbocycles. The van der Waals surface area contributed by atoms with Gasteiger partial charge in [0, 0.05) is 18.7 Å². The van der Waals surface area contributed by atoms with Crippen molar-refractivity contribution in [1.82, 2.24) is 15.1 Å². The molecule has 0 radical (unpaired) electrons. The van der Waals surface area contributed by atoms with Crippen LogP contribution in [0, 0.1) is 5.82 Å². The summed E-state index contributed by atoms with van der Waals surface area (Å²) in [5, 5.41) is 10.3. The fourth-order valence-corrected chi connectivity index (χ4v) is 2.59. The highest BCUT2D eigenvalue weighted by atomic mass is 19.1. The molecule has 1 aromatic carbocycles. The van der Waals surface area contributed by atoms with Gasteiger partial charge in [0.15, 0.2) is 5.82 Å². The van der Waals surface area contributed by atoms with Crippen LogP contribution in [0.15, 0.2) is 35.7 Å². The van der Waals surface area contributed by atoms with Gasteiger partial charge in [-0.3, -0.25) is 9.69 Å². The van der Waals surface area contributed by atoms with Crippen LogP contribution in [0.4, 0.5) is 14.9 Å². The van der Waals surface area contributed by atoms with Crippen molar-refractivity contribution in [2.24, 2.45) is 5.16 Å². The molecule has 10 heteroatoms. The number of hydrogen-bond acceptors (Lipinski definition) is 6. The van der Waals surface area contributed by atoms with E-state index in [9.17, 15) is 14.0 Å². The minimum Gasteiger partial charge on any atom is -0.442 e. The topological polar surface area (TPSA) is 98.1 Å². The molecule has 0 saturated carbocycles. The lowest BCUT2D eigenvalue weighted by molar-refractivity contribution is -0.119. The molecule has 0 spiro atoms. The Morgan fingerprint density at radius 2 is 2.37 bits per heavy atom. The van der Waals surface area contributed by atoms with Crippen molar-refractivity contribution in [2.75, 3.05) is 25.1 Å². The Morgan fingerprint density at radius 3 is 3.07 bits per heavy atom. The van der Waals surface area contributed by atoms with Crippen molar-refractivity contribution in [3.63, 3.8) is 0 Å². The van der Waals surface area contributed by atoms with Crippen molar-refractivity contribution < 1.29 is 23.6 Å². The summed E-state index contributed by atoms with van der Waals surface area (Å²) in [6, 6.07) is 4.36. The molecule has 1 saturated heterocycles. The predicted octanol–water partition coefficient (Wildman–Crippen LogP) is 1.45. The number of ether oxygens (including phenoxy) is 1. The largest absolute Gasteiger partial charge is 0.442 e. The summed E-state index contributed by atoms with van der Waals surface area (Å²) >= 11 is 0. The van der Waals surface area contributed by atoms with Crippen LogP contribution in [-0.4, -0.2) is 54.3 Å². The highest BCUT2D eigenvalue weighted by Gasteiger charge is 2.32. The minimum atomic E-state index is -0.588. The van der Waals surface area contributed by atoms with Gasteiger partial charge in [-0.2, -0.15) is 5.10 Å². The number of halogens is 1. The van der Waals surface area contributed by atoms with E-state index in [0.29, 0.717) is 11.3 Å². The van der Waals surface area contributed by atoms with Gasteiger partial charge in [-0.25, -0.2) is 13.9 Å². The maximum absolute atomic E-state index is 14.6. The third-order valence-electron chi connectivity index (χ3n) is 3.85. The molecule has 1 fully saturated rings. The molecule has 27 heavy (non-hydrogen) atoms. The van der Waals surface area contributed by atoms with Crippen LogP contribution in [0.1, 0.15) is 12.5 Å². The quantitative estimate of drug-likeness (QED) is 0.609. The number of benzene rings is 1. The maximum Gasteiger partial charge on any atom is 0.414 e. The van der Waals surface area contributed by atoms with Crippen LogP contribution in [0.3, 0.4) is 0 Å². The summed E-state index contributed by atoms with van der Waals surface area (Å²) in [6.45, 7) is 1.80. The summed E-state index contributed by atoms with van der Waals surface area (Å²) in [4.78, 5) is 28.9. The first-order valence-electron chi connectivity index (χ1n) is 8.11. The molecular weight excluding hydrogens is 357 g/mol. The second-order valence-electron chi connectivity index (χ2n) is 5.82. The first-order valence-corrected chi connectivity index (χ1v) is 8.11. The predicted molar refractivity (Wildman–Crippen MR) is 94.4 cm³/mol. The molecule has 1 aromatic heterocycles. The zero-order chi connectivity index (χ0) is 19.4. The number of cyclic esters (lactones) is 1. The molecule has 9 nitrogen and oxygen atoms in total. The molecule has 1 atom stereocenters. The Balaban J connectivity index is 1.75. The zero-order valence-electron chi connectivity index (χ0n) is 14.8. The van der Waals surface area contributed by atoms with E-state index in [1.165, 1.54) is 48.2 Å². The number of nitrogens with one attached hydrogen (secondary N) is 1. The van der Waals surface area contributed by atoms with Crippen molar-refractivity contribution in [2.45, 2.75) is 13.0 Å². The summed E-state index contributed by atoms with van der Waals surface area (Å²) in [5.74, 6) is -0.766. The number of carbonyl (C=O) groups is 2. The van der Waals surface area contributed by atoms with Gasteiger partial charge >= 0.3 is 6.09 Å². The molecule has 3 rings (SSSR count). The summed E-state index contributed by atoms with van der Waals surface area (Å²) < 4.78 is 21.1. The molecule has 2 amide bonds. The van der Waals surface area contributed by atoms with E-state index in [1.807, 2.05) is 0 Å². The average molecular weight is 375 g/mol. The Kier molecular flexibility index (Phi) is 5.34. The molecule has 1 N–H and O–H groups in total. The molecular formula is C17H18FN5O4. The highest BCUT2D eigenvalue weighted by molar-refractivity contribution is 5.90. The van der Waals surface area contributed by atoms with Gasteiger partial charge < -0.3 is 14.9 Å². The van der Waals surface area contributed by atoms with Crippen LogP contribution in [0.5, 0.6) is 0 Å². The number of hydrogen-bond donors (Lipinski definition) is 1. The number of oxime groups is 1. The molecule has 0 unspecified atom stereocenters. The van der Waals surface area contributed by atoms with Crippen LogP contribution in [0.25, 0.3) is 5.69 Å². The van der Waals surface area contributed by atoms with E-state index < -0.39 is 18.0 Å². The summed E-state index contributed by atoms with van der Waals surface area (Å²) in [6.07, 6.45) is 3.48. The van der Waals surface area contributed by atoms with Crippen molar-refractivity contribution in [3.8, 4) is 5.69 Å². The van der Waals surface area contributed by atoms with E-state index in [4.69, 9.17) is 4.74 Å². The molecule has 2 heterocycles. The lowest BCUT2D eigenvalue weighted by Crippen LogP contribution is -2.33. The van der Waals surface area contributed by atoms with E-state index >= 15 is 0 Å². The minimum absolute atomic E-state index is 0.206. The Labute approximate surface area is 154 Å². The average Bonchev–Trinajstić information content (AvgIpc) is 3.24. The van der Waals surface area contributed by atoms with Crippen LogP contribution >= 0.6 is 0 Å². The number of carbonyl (C=O) groups excluding carboxylic acids is 2. The lowest BCUT2D eigenvalue weighted by Gasteiger charge is -2.14. The number of amides is 2. The van der Waals surface area contributed by atoms with Crippen molar-refractivity contribution in [1.29, 1.82) is 0 Å². The van der Waals surface area contributed by atoms with Gasteiger partial charge in [0.2, 0.25) is 5.91 Å². The molecule has 1 aliphatic rings. The first kappa shape index (κ1) is 18.4. The smallest absolute Gasteiger partial charge is 0.414 e. The van der Waals surface area contributed by atoms with Gasteiger partial charge in [0.05, 0.1) is 31.2 Å². The van der Waals surface area contributed by atoms with E-state index in [0.717, 1.165) is 0 Å². The first-order chi connectivity index (χ1) is 13.0. The Hall–Kier alpha value is -3.43. The third-order valence-corrected chi connectivity index (χ3v) is 3.85. The van der Waals surface area contributed by atoms with Gasteiger partial charge in [-0.05, 0) is 18.2 Å². The lowest BCUT2D eigenvalue weighted by atomic mass is 10.2. The highest BCUT2D eigenvalue weighted by Crippen LogP contribution is 2.25. The normalized spacial score (nSPS) is 16.6. The van der Waals surface area contributed by atoms with Gasteiger partial charge in [-0.1, -0.05) is 5.16 Å². The van der Waals surface area contributed by atoms with Crippen molar-refractivity contribution >= 4 is 23.9 Å². The summed E-state index contributed by atoms with van der Waals surface area (Å²) in [7, 11) is 1.42. The summed E-state index contributed by atoms with van der Waals surface area (Å²) in [5.41, 5.74) is 1.22. The van der Waals surface area contributed by atoms with Crippen LogP contribution < -0.4 is 10.2 Å². The SMILES string of the molecule is CO/N=C/c1cnn(-c2ccc(N3C[C@H](CNC(C)=O)OC3=O)cc2F)c1. The van der Waals surface area contributed by atoms with E-state index in [1.54, 1.807) is 12.3 Å². The number of nitrogens with zero attached hydrogens (tertiary/aromatic N) is 4. The number of rotatable bonds is 6. The monoisotopic (exact) mass is 375 g/mol. The second-order valence-corrected chi connectivity index (χ2v) is 5.82.